The molecule has 0 bridgehead atoms. The molecule has 7 heteroatoms. The van der Waals surface area contributed by atoms with Gasteiger partial charge in [0.15, 0.2) is 11.5 Å². The molecule has 0 aliphatic carbocycles. The van der Waals surface area contributed by atoms with Gasteiger partial charge in [0.05, 0.1) is 27.0 Å². The number of hydrogen-bond donors (Lipinski definition) is 2. The minimum atomic E-state index is -0.336. The third-order valence-electron chi connectivity index (χ3n) is 3.12. The van der Waals surface area contributed by atoms with Gasteiger partial charge in [-0.05, 0) is 36.4 Å². The Hall–Kier alpha value is -3.09. The summed E-state index contributed by atoms with van der Waals surface area (Å²) in [5, 5.41) is 6.76. The first-order valence-electron chi connectivity index (χ1n) is 7.16. The molecule has 2 N–H and O–H groups in total. The van der Waals surface area contributed by atoms with Crippen LogP contribution in [-0.2, 0) is 4.79 Å². The Morgan fingerprint density at radius 1 is 1.17 bits per heavy atom. The quantitative estimate of drug-likeness (QED) is 0.604. The van der Waals surface area contributed by atoms with Crippen molar-refractivity contribution in [1.29, 1.82) is 0 Å². The maximum absolute atomic E-state index is 12.8. The highest BCUT2D eigenvalue weighted by molar-refractivity contribution is 5.87. The number of amides is 1. The second kappa shape index (κ2) is 8.52. The average molecular weight is 331 g/mol. The van der Waals surface area contributed by atoms with E-state index in [1.807, 2.05) is 0 Å². The molecule has 24 heavy (non-hydrogen) atoms. The molecular formula is C17H18FN3O3. The topological polar surface area (TPSA) is 72.0 Å². The van der Waals surface area contributed by atoms with Crippen molar-refractivity contribution in [2.75, 3.05) is 26.1 Å². The van der Waals surface area contributed by atoms with E-state index >= 15 is 0 Å². The van der Waals surface area contributed by atoms with Gasteiger partial charge in [0.1, 0.15) is 5.82 Å². The first-order chi connectivity index (χ1) is 11.6. The molecule has 0 saturated heterocycles. The summed E-state index contributed by atoms with van der Waals surface area (Å²) in [6.45, 7) is 0.0121. The third kappa shape index (κ3) is 4.70. The SMILES string of the molecule is COc1cccc(/C=N\NC(=O)CNc2ccc(F)cc2)c1OC. The third-order valence-corrected chi connectivity index (χ3v) is 3.12. The fourth-order valence-electron chi connectivity index (χ4n) is 1.98. The van der Waals surface area contributed by atoms with E-state index in [0.29, 0.717) is 22.7 Å². The van der Waals surface area contributed by atoms with Gasteiger partial charge in [0.2, 0.25) is 0 Å². The van der Waals surface area contributed by atoms with E-state index in [2.05, 4.69) is 15.8 Å². The number of carbonyl (C=O) groups excluding carboxylic acids is 1. The molecule has 126 valence electrons. The van der Waals surface area contributed by atoms with Crippen molar-refractivity contribution in [3.8, 4) is 11.5 Å². The molecule has 0 atom stereocenters. The van der Waals surface area contributed by atoms with Gasteiger partial charge in [0.25, 0.3) is 5.91 Å². The van der Waals surface area contributed by atoms with Crippen LogP contribution in [0.5, 0.6) is 11.5 Å². The van der Waals surface area contributed by atoms with Gasteiger partial charge >= 0.3 is 0 Å². The highest BCUT2D eigenvalue weighted by atomic mass is 19.1. The van der Waals surface area contributed by atoms with Gasteiger partial charge in [-0.25, -0.2) is 9.82 Å². The van der Waals surface area contributed by atoms with E-state index in [9.17, 15) is 9.18 Å². The molecule has 2 aromatic rings. The molecule has 0 fully saturated rings. The predicted octanol–water partition coefficient (Wildman–Crippen LogP) is 2.41. The maximum Gasteiger partial charge on any atom is 0.259 e. The Kier molecular flexibility index (Phi) is 6.13. The second-order valence-electron chi connectivity index (χ2n) is 4.74. The van der Waals surface area contributed by atoms with Crippen molar-refractivity contribution in [3.63, 3.8) is 0 Å². The fourth-order valence-corrected chi connectivity index (χ4v) is 1.98. The lowest BCUT2D eigenvalue weighted by Gasteiger charge is -2.09. The van der Waals surface area contributed by atoms with E-state index in [1.165, 1.54) is 25.5 Å². The Morgan fingerprint density at radius 3 is 2.58 bits per heavy atom. The molecule has 0 spiro atoms. The monoisotopic (exact) mass is 331 g/mol. The Labute approximate surface area is 139 Å². The van der Waals surface area contributed by atoms with Crippen LogP contribution in [0.25, 0.3) is 0 Å². The molecule has 2 rings (SSSR count). The number of ether oxygens (including phenoxy) is 2. The summed E-state index contributed by atoms with van der Waals surface area (Å²) in [5.74, 6) is 0.437. The van der Waals surface area contributed by atoms with Crippen LogP contribution in [0.1, 0.15) is 5.56 Å². The number of anilines is 1. The van der Waals surface area contributed by atoms with Gasteiger partial charge in [0, 0.05) is 11.3 Å². The van der Waals surface area contributed by atoms with Crippen molar-refractivity contribution in [3.05, 3.63) is 53.8 Å². The molecule has 0 unspecified atom stereocenters. The number of hydrogen-bond acceptors (Lipinski definition) is 5. The number of carbonyl (C=O) groups is 1. The summed E-state index contributed by atoms with van der Waals surface area (Å²) < 4.78 is 23.2. The minimum Gasteiger partial charge on any atom is -0.493 e. The molecule has 6 nitrogen and oxygen atoms in total. The summed E-state index contributed by atoms with van der Waals surface area (Å²) in [7, 11) is 3.07. The maximum atomic E-state index is 12.8. The summed E-state index contributed by atoms with van der Waals surface area (Å²) >= 11 is 0. The Balaban J connectivity index is 1.89. The van der Waals surface area contributed by atoms with Crippen LogP contribution in [0.2, 0.25) is 0 Å². The highest BCUT2D eigenvalue weighted by Crippen LogP contribution is 2.29. The lowest BCUT2D eigenvalue weighted by molar-refractivity contribution is -0.119. The minimum absolute atomic E-state index is 0.0121. The number of nitrogens with one attached hydrogen (secondary N) is 2. The van der Waals surface area contributed by atoms with Crippen LogP contribution < -0.4 is 20.2 Å². The van der Waals surface area contributed by atoms with Crippen molar-refractivity contribution in [1.82, 2.24) is 5.43 Å². The predicted molar refractivity (Wildman–Crippen MR) is 90.2 cm³/mol. The lowest BCUT2D eigenvalue weighted by atomic mass is 10.2. The Morgan fingerprint density at radius 2 is 1.92 bits per heavy atom. The number of para-hydroxylation sites is 1. The number of benzene rings is 2. The van der Waals surface area contributed by atoms with Crippen LogP contribution in [0.3, 0.4) is 0 Å². The smallest absolute Gasteiger partial charge is 0.259 e. The molecule has 0 aliphatic heterocycles. The van der Waals surface area contributed by atoms with Crippen LogP contribution in [-0.4, -0.2) is 32.9 Å². The molecule has 0 aromatic heterocycles. The largest absolute Gasteiger partial charge is 0.493 e. The lowest BCUT2D eigenvalue weighted by Crippen LogP contribution is -2.25. The van der Waals surface area contributed by atoms with Crippen molar-refractivity contribution in [2.45, 2.75) is 0 Å². The van der Waals surface area contributed by atoms with Crippen LogP contribution in [0.15, 0.2) is 47.6 Å². The van der Waals surface area contributed by atoms with Crippen LogP contribution >= 0.6 is 0 Å². The Bertz CT molecular complexity index is 718. The van der Waals surface area contributed by atoms with Crippen molar-refractivity contribution >= 4 is 17.8 Å². The van der Waals surface area contributed by atoms with Crippen LogP contribution in [0.4, 0.5) is 10.1 Å². The highest BCUT2D eigenvalue weighted by Gasteiger charge is 2.07. The second-order valence-corrected chi connectivity index (χ2v) is 4.74. The number of rotatable bonds is 7. The molecular weight excluding hydrogens is 313 g/mol. The summed E-state index contributed by atoms with van der Waals surface area (Å²) in [4.78, 5) is 11.7. The molecule has 0 aliphatic rings. The number of nitrogens with zero attached hydrogens (tertiary/aromatic N) is 1. The zero-order chi connectivity index (χ0) is 17.4. The zero-order valence-electron chi connectivity index (χ0n) is 13.4. The van der Waals surface area contributed by atoms with Crippen molar-refractivity contribution in [2.24, 2.45) is 5.10 Å². The fraction of sp³-hybridized carbons (Fsp3) is 0.176. The molecule has 2 aromatic carbocycles. The van der Waals surface area contributed by atoms with Gasteiger partial charge in [-0.15, -0.1) is 0 Å². The van der Waals surface area contributed by atoms with Gasteiger partial charge < -0.3 is 14.8 Å². The van der Waals surface area contributed by atoms with Gasteiger partial charge in [-0.2, -0.15) is 5.10 Å². The van der Waals surface area contributed by atoms with E-state index < -0.39 is 0 Å². The average Bonchev–Trinajstić information content (AvgIpc) is 2.61. The van der Waals surface area contributed by atoms with Crippen LogP contribution in [0, 0.1) is 5.82 Å². The zero-order valence-corrected chi connectivity index (χ0v) is 13.4. The standard InChI is InChI=1S/C17H18FN3O3/c1-23-15-5-3-4-12(17(15)24-2)10-20-21-16(22)11-19-14-8-6-13(18)7-9-14/h3-10,19H,11H2,1-2H3,(H,21,22)/b20-10-. The number of halogens is 1. The molecule has 1 amide bonds. The molecule has 0 radical (unpaired) electrons. The van der Waals surface area contributed by atoms with E-state index in [1.54, 1.807) is 37.4 Å². The molecule has 0 saturated carbocycles. The summed E-state index contributed by atoms with van der Waals surface area (Å²) in [6, 6.07) is 11.1. The van der Waals surface area contributed by atoms with E-state index in [0.717, 1.165) is 0 Å². The summed E-state index contributed by atoms with van der Waals surface area (Å²) in [6.07, 6.45) is 1.47. The number of methoxy groups -OCH3 is 2. The number of hydrazone groups is 1. The van der Waals surface area contributed by atoms with Gasteiger partial charge in [-0.3, -0.25) is 4.79 Å². The van der Waals surface area contributed by atoms with E-state index in [4.69, 9.17) is 9.47 Å². The van der Waals surface area contributed by atoms with Gasteiger partial charge in [-0.1, -0.05) is 6.07 Å². The summed E-state index contributed by atoms with van der Waals surface area (Å²) in [5.41, 5.74) is 3.71. The van der Waals surface area contributed by atoms with E-state index in [-0.39, 0.29) is 18.3 Å². The first-order valence-corrected chi connectivity index (χ1v) is 7.16. The van der Waals surface area contributed by atoms with Crippen molar-refractivity contribution < 1.29 is 18.7 Å². The normalized spacial score (nSPS) is 10.5. The first kappa shape index (κ1) is 17.3. The molecule has 0 heterocycles.